The number of aromatic nitrogens is 2. The Morgan fingerprint density at radius 2 is 1.79 bits per heavy atom. The van der Waals surface area contributed by atoms with Crippen molar-refractivity contribution in [1.82, 2.24) is 15.1 Å². The highest BCUT2D eigenvalue weighted by Crippen LogP contribution is 2.18. The summed E-state index contributed by atoms with van der Waals surface area (Å²) in [7, 11) is 0. The lowest BCUT2D eigenvalue weighted by Crippen LogP contribution is -2.38. The van der Waals surface area contributed by atoms with Crippen molar-refractivity contribution in [3.63, 3.8) is 0 Å². The van der Waals surface area contributed by atoms with Crippen molar-refractivity contribution in [2.45, 2.75) is 32.3 Å². The fourth-order valence-corrected chi connectivity index (χ4v) is 3.04. The maximum absolute atomic E-state index is 12.4. The molecule has 0 saturated carbocycles. The van der Waals surface area contributed by atoms with Crippen molar-refractivity contribution >= 4 is 11.9 Å². The fourth-order valence-electron chi connectivity index (χ4n) is 3.04. The molecule has 0 aliphatic carbocycles. The Hall–Kier alpha value is -3.41. The van der Waals surface area contributed by atoms with Crippen LogP contribution in [0.15, 0.2) is 73.1 Å². The van der Waals surface area contributed by atoms with E-state index >= 15 is 0 Å². The van der Waals surface area contributed by atoms with Gasteiger partial charge in [-0.2, -0.15) is 5.10 Å². The Morgan fingerprint density at radius 3 is 2.41 bits per heavy atom. The summed E-state index contributed by atoms with van der Waals surface area (Å²) in [6, 6.07) is 18.7. The highest BCUT2D eigenvalue weighted by molar-refractivity contribution is 5.92. The number of carbonyl (C=O) groups is 2. The van der Waals surface area contributed by atoms with E-state index in [1.54, 1.807) is 42.1 Å². The molecular weight excluding hydrogens is 366 g/mol. The third-order valence-electron chi connectivity index (χ3n) is 4.81. The standard InChI is InChI=1S/C23H25N3O3/c1-3-18(19-8-5-4-6-9-19)16-24-22(27)17(2)29-23(28)20-10-12-21(13-11-20)26-15-7-14-25-26/h4-15,17-18H,3,16H2,1-2H3,(H,24,27)/t17-,18+/m0/s1. The third-order valence-corrected chi connectivity index (χ3v) is 4.81. The molecule has 1 N–H and O–H groups in total. The Labute approximate surface area is 170 Å². The van der Waals surface area contributed by atoms with Crippen molar-refractivity contribution in [3.8, 4) is 5.69 Å². The molecule has 3 rings (SSSR count). The molecule has 29 heavy (non-hydrogen) atoms. The van der Waals surface area contributed by atoms with E-state index in [1.807, 2.05) is 30.5 Å². The first-order valence-electron chi connectivity index (χ1n) is 9.72. The maximum Gasteiger partial charge on any atom is 0.338 e. The minimum absolute atomic E-state index is 0.220. The Bertz CT molecular complexity index is 922. The van der Waals surface area contributed by atoms with Crippen LogP contribution < -0.4 is 5.32 Å². The molecule has 150 valence electrons. The molecule has 0 spiro atoms. The molecule has 1 amide bonds. The minimum atomic E-state index is -0.874. The summed E-state index contributed by atoms with van der Waals surface area (Å²) in [5, 5.41) is 7.03. The van der Waals surface area contributed by atoms with E-state index in [0.29, 0.717) is 12.1 Å². The summed E-state index contributed by atoms with van der Waals surface area (Å²) in [5.41, 5.74) is 2.40. The molecule has 0 bridgehead atoms. The molecule has 0 aliphatic rings. The molecule has 1 heterocycles. The second kappa shape index (κ2) is 9.68. The van der Waals surface area contributed by atoms with E-state index in [4.69, 9.17) is 4.74 Å². The first-order chi connectivity index (χ1) is 14.1. The largest absolute Gasteiger partial charge is 0.449 e. The molecule has 0 radical (unpaired) electrons. The number of hydrogen-bond donors (Lipinski definition) is 1. The van der Waals surface area contributed by atoms with Crippen molar-refractivity contribution in [3.05, 3.63) is 84.2 Å². The van der Waals surface area contributed by atoms with Crippen LogP contribution in [0, 0.1) is 0 Å². The van der Waals surface area contributed by atoms with Crippen LogP contribution in [0.1, 0.15) is 42.1 Å². The highest BCUT2D eigenvalue weighted by atomic mass is 16.5. The van der Waals surface area contributed by atoms with E-state index < -0.39 is 12.1 Å². The van der Waals surface area contributed by atoms with Gasteiger partial charge in [-0.05, 0) is 49.2 Å². The van der Waals surface area contributed by atoms with Crippen LogP contribution in [-0.2, 0) is 9.53 Å². The molecule has 2 atom stereocenters. The number of carbonyl (C=O) groups excluding carboxylic acids is 2. The number of amides is 1. The second-order valence-corrected chi connectivity index (χ2v) is 6.81. The summed E-state index contributed by atoms with van der Waals surface area (Å²) in [6.07, 6.45) is 3.53. The van der Waals surface area contributed by atoms with Gasteiger partial charge in [-0.3, -0.25) is 4.79 Å². The van der Waals surface area contributed by atoms with Crippen LogP contribution >= 0.6 is 0 Å². The number of hydrogen-bond acceptors (Lipinski definition) is 4. The Kier molecular flexibility index (Phi) is 6.79. The van der Waals surface area contributed by atoms with E-state index in [-0.39, 0.29) is 11.8 Å². The Morgan fingerprint density at radius 1 is 1.07 bits per heavy atom. The molecule has 0 saturated heterocycles. The average molecular weight is 391 g/mol. The smallest absolute Gasteiger partial charge is 0.338 e. The molecular formula is C23H25N3O3. The molecule has 3 aromatic rings. The number of nitrogens with one attached hydrogen (secondary N) is 1. The van der Waals surface area contributed by atoms with Gasteiger partial charge in [-0.15, -0.1) is 0 Å². The van der Waals surface area contributed by atoms with Crippen LogP contribution in [-0.4, -0.2) is 34.3 Å². The van der Waals surface area contributed by atoms with E-state index in [0.717, 1.165) is 12.1 Å². The van der Waals surface area contributed by atoms with Crippen LogP contribution in [0.4, 0.5) is 0 Å². The lowest BCUT2D eigenvalue weighted by molar-refractivity contribution is -0.129. The number of rotatable bonds is 8. The number of ether oxygens (including phenoxy) is 1. The van der Waals surface area contributed by atoms with Crippen molar-refractivity contribution in [1.29, 1.82) is 0 Å². The van der Waals surface area contributed by atoms with E-state index in [9.17, 15) is 9.59 Å². The van der Waals surface area contributed by atoms with Gasteiger partial charge < -0.3 is 10.1 Å². The van der Waals surface area contributed by atoms with Crippen LogP contribution in [0.2, 0.25) is 0 Å². The summed E-state index contributed by atoms with van der Waals surface area (Å²) >= 11 is 0. The van der Waals surface area contributed by atoms with Gasteiger partial charge in [0, 0.05) is 24.9 Å². The topological polar surface area (TPSA) is 73.2 Å². The second-order valence-electron chi connectivity index (χ2n) is 6.81. The normalized spacial score (nSPS) is 12.8. The molecule has 6 heteroatoms. The summed E-state index contributed by atoms with van der Waals surface area (Å²) in [6.45, 7) is 4.16. The number of nitrogens with zero attached hydrogens (tertiary/aromatic N) is 2. The maximum atomic E-state index is 12.4. The molecule has 0 aliphatic heterocycles. The lowest BCUT2D eigenvalue weighted by atomic mass is 9.96. The van der Waals surface area contributed by atoms with Gasteiger partial charge in [0.15, 0.2) is 6.10 Å². The quantitative estimate of drug-likeness (QED) is 0.594. The van der Waals surface area contributed by atoms with Crippen molar-refractivity contribution in [2.24, 2.45) is 0 Å². The zero-order valence-corrected chi connectivity index (χ0v) is 16.6. The van der Waals surface area contributed by atoms with Gasteiger partial charge in [-0.1, -0.05) is 37.3 Å². The highest BCUT2D eigenvalue weighted by Gasteiger charge is 2.20. The molecule has 1 aromatic heterocycles. The third kappa shape index (κ3) is 5.31. The summed E-state index contributed by atoms with van der Waals surface area (Å²) in [4.78, 5) is 24.7. The first-order valence-corrected chi connectivity index (χ1v) is 9.72. The monoisotopic (exact) mass is 391 g/mol. The predicted molar refractivity (Wildman–Crippen MR) is 111 cm³/mol. The zero-order valence-electron chi connectivity index (χ0n) is 16.6. The lowest BCUT2D eigenvalue weighted by Gasteiger charge is -2.18. The predicted octanol–water partition coefficient (Wildman–Crippen LogP) is 3.73. The molecule has 2 aromatic carbocycles. The SMILES string of the molecule is CC[C@H](CNC(=O)[C@H](C)OC(=O)c1ccc(-n2cccn2)cc1)c1ccccc1. The van der Waals surface area contributed by atoms with Gasteiger partial charge in [-0.25, -0.2) is 9.48 Å². The first kappa shape index (κ1) is 20.3. The number of esters is 1. The zero-order chi connectivity index (χ0) is 20.6. The molecule has 6 nitrogen and oxygen atoms in total. The van der Waals surface area contributed by atoms with Crippen LogP contribution in [0.5, 0.6) is 0 Å². The van der Waals surface area contributed by atoms with Gasteiger partial charge >= 0.3 is 5.97 Å². The van der Waals surface area contributed by atoms with E-state index in [2.05, 4.69) is 29.5 Å². The minimum Gasteiger partial charge on any atom is -0.449 e. The summed E-state index contributed by atoms with van der Waals surface area (Å²) in [5.74, 6) is -0.617. The average Bonchev–Trinajstić information content (AvgIpc) is 3.30. The van der Waals surface area contributed by atoms with Crippen molar-refractivity contribution < 1.29 is 14.3 Å². The van der Waals surface area contributed by atoms with Gasteiger partial charge in [0.05, 0.1) is 11.3 Å². The fraction of sp³-hybridized carbons (Fsp3) is 0.261. The molecule has 0 unspecified atom stereocenters. The van der Waals surface area contributed by atoms with Crippen LogP contribution in [0.25, 0.3) is 5.69 Å². The van der Waals surface area contributed by atoms with Gasteiger partial charge in [0.1, 0.15) is 0 Å². The molecule has 0 fully saturated rings. The van der Waals surface area contributed by atoms with Crippen LogP contribution in [0.3, 0.4) is 0 Å². The van der Waals surface area contributed by atoms with E-state index in [1.165, 1.54) is 5.56 Å². The van der Waals surface area contributed by atoms with Crippen molar-refractivity contribution in [2.75, 3.05) is 6.54 Å². The Balaban J connectivity index is 1.53. The van der Waals surface area contributed by atoms with Gasteiger partial charge in [0.2, 0.25) is 0 Å². The number of benzene rings is 2. The van der Waals surface area contributed by atoms with Gasteiger partial charge in [0.25, 0.3) is 5.91 Å². The summed E-state index contributed by atoms with van der Waals surface area (Å²) < 4.78 is 7.02.